The smallest absolute Gasteiger partial charge is 0.0430 e. The van der Waals surface area contributed by atoms with Gasteiger partial charge in [-0.1, -0.05) is 36.4 Å². The van der Waals surface area contributed by atoms with Gasteiger partial charge in [-0.2, -0.15) is 0 Å². The molecule has 15 heavy (non-hydrogen) atoms. The zero-order chi connectivity index (χ0) is 10.3. The second-order valence-electron chi connectivity index (χ2n) is 3.87. The van der Waals surface area contributed by atoms with Gasteiger partial charge in [0.2, 0.25) is 0 Å². The van der Waals surface area contributed by atoms with Gasteiger partial charge in [-0.15, -0.1) is 0 Å². The number of hydrogen-bond donors (Lipinski definition) is 1. The van der Waals surface area contributed by atoms with Crippen molar-refractivity contribution in [3.05, 3.63) is 53.6 Å². The van der Waals surface area contributed by atoms with E-state index in [1.807, 2.05) is 12.1 Å². The predicted octanol–water partition coefficient (Wildman–Crippen LogP) is 3.62. The Morgan fingerprint density at radius 1 is 1.00 bits per heavy atom. The maximum atomic E-state index is 7.89. The summed E-state index contributed by atoms with van der Waals surface area (Å²) in [4.78, 5) is 0. The van der Waals surface area contributed by atoms with Crippen LogP contribution < -0.4 is 0 Å². The molecule has 0 fully saturated rings. The molecule has 1 aliphatic rings. The van der Waals surface area contributed by atoms with Crippen molar-refractivity contribution < 1.29 is 0 Å². The van der Waals surface area contributed by atoms with Gasteiger partial charge < -0.3 is 5.41 Å². The Balaban J connectivity index is 2.38. The van der Waals surface area contributed by atoms with Crippen LogP contribution in [-0.4, -0.2) is 5.71 Å². The van der Waals surface area contributed by atoms with E-state index in [0.717, 1.165) is 17.7 Å². The van der Waals surface area contributed by atoms with Crippen molar-refractivity contribution in [2.24, 2.45) is 0 Å². The molecule has 0 aromatic heterocycles. The van der Waals surface area contributed by atoms with Crippen LogP contribution in [0.4, 0.5) is 0 Å². The minimum absolute atomic E-state index is 0.721. The normalized spacial score (nSPS) is 14.3. The molecule has 0 aliphatic heterocycles. The van der Waals surface area contributed by atoms with Crippen LogP contribution in [0.25, 0.3) is 16.8 Å². The first-order valence-electron chi connectivity index (χ1n) is 5.12. The summed E-state index contributed by atoms with van der Waals surface area (Å²) >= 11 is 0. The molecule has 2 aromatic carbocycles. The van der Waals surface area contributed by atoms with Crippen molar-refractivity contribution in [2.75, 3.05) is 0 Å². The Bertz CT molecular complexity index is 579. The summed E-state index contributed by atoms with van der Waals surface area (Å²) in [5.41, 5.74) is 2.97. The lowest BCUT2D eigenvalue weighted by Crippen LogP contribution is -2.03. The zero-order valence-electron chi connectivity index (χ0n) is 8.33. The Morgan fingerprint density at radius 2 is 1.73 bits per heavy atom. The predicted molar refractivity (Wildman–Crippen MR) is 64.4 cm³/mol. The SMILES string of the molecule is N=C1CC=Cc2cc3ccccc3cc21. The standard InChI is InChI=1S/C14H11N/c15-14-7-3-6-12-8-10-4-1-2-5-11(10)9-13(12)14/h1-6,8-9,15H,7H2. The van der Waals surface area contributed by atoms with Gasteiger partial charge in [0.05, 0.1) is 0 Å². The first kappa shape index (κ1) is 8.42. The summed E-state index contributed by atoms with van der Waals surface area (Å²) in [6, 6.07) is 12.6. The molecular weight excluding hydrogens is 182 g/mol. The van der Waals surface area contributed by atoms with Crippen molar-refractivity contribution in [3.63, 3.8) is 0 Å². The van der Waals surface area contributed by atoms with Gasteiger partial charge in [-0.3, -0.25) is 0 Å². The molecule has 0 saturated carbocycles. The monoisotopic (exact) mass is 193 g/mol. The van der Waals surface area contributed by atoms with Crippen molar-refractivity contribution in [2.45, 2.75) is 6.42 Å². The Kier molecular flexibility index (Phi) is 1.72. The highest BCUT2D eigenvalue weighted by Crippen LogP contribution is 2.25. The number of hydrogen-bond acceptors (Lipinski definition) is 1. The van der Waals surface area contributed by atoms with E-state index >= 15 is 0 Å². The van der Waals surface area contributed by atoms with Gasteiger partial charge in [-0.05, 0) is 28.5 Å². The van der Waals surface area contributed by atoms with E-state index < -0.39 is 0 Å². The van der Waals surface area contributed by atoms with E-state index in [0.29, 0.717) is 0 Å². The van der Waals surface area contributed by atoms with Gasteiger partial charge in [0.25, 0.3) is 0 Å². The fraction of sp³-hybridized carbons (Fsp3) is 0.0714. The molecule has 1 nitrogen and oxygen atoms in total. The van der Waals surface area contributed by atoms with Gasteiger partial charge in [-0.25, -0.2) is 0 Å². The molecule has 1 N–H and O–H groups in total. The lowest BCUT2D eigenvalue weighted by molar-refractivity contribution is 1.34. The first-order chi connectivity index (χ1) is 7.34. The van der Waals surface area contributed by atoms with Crippen LogP contribution in [0.1, 0.15) is 17.5 Å². The number of nitrogens with one attached hydrogen (secondary N) is 1. The van der Waals surface area contributed by atoms with Crippen LogP contribution in [0, 0.1) is 5.41 Å². The van der Waals surface area contributed by atoms with E-state index in [1.54, 1.807) is 0 Å². The van der Waals surface area contributed by atoms with Gasteiger partial charge >= 0.3 is 0 Å². The van der Waals surface area contributed by atoms with Gasteiger partial charge in [0, 0.05) is 17.7 Å². The summed E-state index contributed by atoms with van der Waals surface area (Å²) in [5.74, 6) is 0. The molecule has 1 heteroatoms. The molecular formula is C14H11N. The quantitative estimate of drug-likeness (QED) is 0.660. The molecule has 2 aromatic rings. The second-order valence-corrected chi connectivity index (χ2v) is 3.87. The molecule has 0 saturated heterocycles. The average molecular weight is 193 g/mol. The fourth-order valence-electron chi connectivity index (χ4n) is 2.07. The summed E-state index contributed by atoms with van der Waals surface area (Å²) < 4.78 is 0. The van der Waals surface area contributed by atoms with Crippen LogP contribution in [0.2, 0.25) is 0 Å². The summed E-state index contributed by atoms with van der Waals surface area (Å²) in [6.07, 6.45) is 4.92. The topological polar surface area (TPSA) is 23.9 Å². The fourth-order valence-corrected chi connectivity index (χ4v) is 2.07. The van der Waals surface area contributed by atoms with E-state index in [-0.39, 0.29) is 0 Å². The van der Waals surface area contributed by atoms with E-state index in [2.05, 4.69) is 36.4 Å². The van der Waals surface area contributed by atoms with Crippen molar-refractivity contribution >= 4 is 22.6 Å². The highest BCUT2D eigenvalue weighted by molar-refractivity contribution is 6.07. The molecule has 0 bridgehead atoms. The number of rotatable bonds is 0. The van der Waals surface area contributed by atoms with Gasteiger partial charge in [0.1, 0.15) is 0 Å². The highest BCUT2D eigenvalue weighted by Gasteiger charge is 2.10. The van der Waals surface area contributed by atoms with Gasteiger partial charge in [0.15, 0.2) is 0 Å². The Morgan fingerprint density at radius 3 is 2.53 bits per heavy atom. The molecule has 0 heterocycles. The van der Waals surface area contributed by atoms with E-state index in [9.17, 15) is 0 Å². The summed E-state index contributed by atoms with van der Waals surface area (Å²) in [7, 11) is 0. The lowest BCUT2D eigenvalue weighted by atomic mass is 9.92. The molecule has 0 atom stereocenters. The highest BCUT2D eigenvalue weighted by atomic mass is 14.4. The zero-order valence-corrected chi connectivity index (χ0v) is 8.33. The minimum atomic E-state index is 0.721. The molecule has 0 amide bonds. The molecule has 3 rings (SSSR count). The van der Waals surface area contributed by atoms with E-state index in [4.69, 9.17) is 5.41 Å². The van der Waals surface area contributed by atoms with Crippen molar-refractivity contribution in [3.8, 4) is 0 Å². The lowest BCUT2D eigenvalue weighted by Gasteiger charge is -2.12. The Hall–Kier alpha value is -1.89. The maximum absolute atomic E-state index is 7.89. The third-order valence-electron chi connectivity index (χ3n) is 2.86. The van der Waals surface area contributed by atoms with Crippen molar-refractivity contribution in [1.82, 2.24) is 0 Å². The number of benzene rings is 2. The number of allylic oxidation sites excluding steroid dienone is 1. The minimum Gasteiger partial charge on any atom is -0.304 e. The molecule has 0 spiro atoms. The van der Waals surface area contributed by atoms with E-state index in [1.165, 1.54) is 16.3 Å². The van der Waals surface area contributed by atoms with Crippen LogP contribution in [0.15, 0.2) is 42.5 Å². The molecule has 72 valence electrons. The molecule has 0 radical (unpaired) electrons. The summed E-state index contributed by atoms with van der Waals surface area (Å²) in [6.45, 7) is 0. The van der Waals surface area contributed by atoms with Crippen LogP contribution in [0.5, 0.6) is 0 Å². The second kappa shape index (κ2) is 3.06. The first-order valence-corrected chi connectivity index (χ1v) is 5.12. The molecule has 0 unspecified atom stereocenters. The third-order valence-corrected chi connectivity index (χ3v) is 2.86. The Labute approximate surface area is 88.6 Å². The number of fused-ring (bicyclic) bond motifs is 2. The maximum Gasteiger partial charge on any atom is 0.0430 e. The summed E-state index contributed by atoms with van der Waals surface area (Å²) in [5, 5.41) is 10.4. The van der Waals surface area contributed by atoms with Crippen LogP contribution in [0.3, 0.4) is 0 Å². The van der Waals surface area contributed by atoms with Crippen LogP contribution in [-0.2, 0) is 0 Å². The molecule has 1 aliphatic carbocycles. The average Bonchev–Trinajstić information content (AvgIpc) is 2.27. The largest absolute Gasteiger partial charge is 0.304 e. The van der Waals surface area contributed by atoms with Crippen LogP contribution >= 0.6 is 0 Å². The van der Waals surface area contributed by atoms with Crippen molar-refractivity contribution in [1.29, 1.82) is 5.41 Å². The third kappa shape index (κ3) is 1.28.